The van der Waals surface area contributed by atoms with Gasteiger partial charge in [0.15, 0.2) is 16.6 Å². The summed E-state index contributed by atoms with van der Waals surface area (Å²) in [6, 6.07) is 22.2. The Bertz CT molecular complexity index is 840. The number of hydrogen-bond donors (Lipinski definition) is 2. The van der Waals surface area contributed by atoms with Crippen molar-refractivity contribution in [2.45, 2.75) is 57.7 Å². The number of aliphatic hydroxyl groups is 2. The van der Waals surface area contributed by atoms with Crippen LogP contribution in [-0.2, 0) is 12.3 Å². The Labute approximate surface area is 210 Å². The fraction of sp³-hybridized carbons (Fsp3) is 0.440. The van der Waals surface area contributed by atoms with Crippen LogP contribution in [0.1, 0.15) is 12.8 Å². The van der Waals surface area contributed by atoms with Gasteiger partial charge in [-0.3, -0.25) is 0 Å². The molecule has 5 nitrogen and oxygen atoms in total. The maximum atomic E-state index is 9.49. The van der Waals surface area contributed by atoms with E-state index in [1.54, 1.807) is 0 Å². The quantitative estimate of drug-likeness (QED) is 0.334. The van der Waals surface area contributed by atoms with E-state index in [-0.39, 0.29) is 13.2 Å². The molecule has 1 atom stereocenters. The highest BCUT2D eigenvalue weighted by Gasteiger charge is 2.52. The molecular weight excluding hydrogens is 493 g/mol. The Morgan fingerprint density at radius 3 is 1.47 bits per heavy atom. The second kappa shape index (κ2) is 12.7. The SMILES string of the molecule is C=C[Si](C)(O[Si](C)(C)CCCO)O[Si](O[Si](C)(C)CCCO)(c1ccccc1)c1ccccc1. The molecule has 0 aromatic heterocycles. The molecule has 9 heteroatoms. The lowest BCUT2D eigenvalue weighted by molar-refractivity contribution is 0.289. The highest BCUT2D eigenvalue weighted by atomic mass is 28.5. The third kappa shape index (κ3) is 8.21. The Balaban J connectivity index is 2.64. The number of hydrogen-bond acceptors (Lipinski definition) is 5. The van der Waals surface area contributed by atoms with Crippen molar-refractivity contribution in [3.05, 3.63) is 72.9 Å². The lowest BCUT2D eigenvalue weighted by Crippen LogP contribution is -2.71. The summed E-state index contributed by atoms with van der Waals surface area (Å²) in [7, 11) is -10.4. The zero-order valence-electron chi connectivity index (χ0n) is 21.4. The van der Waals surface area contributed by atoms with E-state index in [4.69, 9.17) is 12.3 Å². The molecule has 0 aliphatic heterocycles. The van der Waals surface area contributed by atoms with Crippen molar-refractivity contribution in [2.24, 2.45) is 0 Å². The van der Waals surface area contributed by atoms with Gasteiger partial charge in [-0.15, -0.1) is 6.58 Å². The first-order valence-electron chi connectivity index (χ1n) is 12.1. The fourth-order valence-corrected chi connectivity index (χ4v) is 22.0. The average Bonchev–Trinajstić information content (AvgIpc) is 2.81. The maximum Gasteiger partial charge on any atom is 0.388 e. The highest BCUT2D eigenvalue weighted by Crippen LogP contribution is 2.28. The minimum Gasteiger partial charge on any atom is -0.433 e. The van der Waals surface area contributed by atoms with Crippen LogP contribution in [0.2, 0.25) is 44.8 Å². The first kappa shape index (κ1) is 29.1. The van der Waals surface area contributed by atoms with Crippen molar-refractivity contribution in [2.75, 3.05) is 13.2 Å². The van der Waals surface area contributed by atoms with E-state index < -0.39 is 33.8 Å². The van der Waals surface area contributed by atoms with Crippen LogP contribution in [0.4, 0.5) is 0 Å². The van der Waals surface area contributed by atoms with Crippen LogP contribution in [0.15, 0.2) is 72.9 Å². The molecule has 2 N–H and O–H groups in total. The lowest BCUT2D eigenvalue weighted by Gasteiger charge is -2.44. The monoisotopic (exact) mass is 534 g/mol. The van der Waals surface area contributed by atoms with E-state index in [2.05, 4.69) is 63.6 Å². The molecule has 0 heterocycles. The summed E-state index contributed by atoms with van der Waals surface area (Å²) in [6.45, 7) is 15.3. The number of benzene rings is 2. The molecule has 0 aliphatic rings. The molecule has 0 fully saturated rings. The zero-order valence-corrected chi connectivity index (χ0v) is 25.4. The van der Waals surface area contributed by atoms with Gasteiger partial charge >= 0.3 is 17.1 Å². The molecule has 188 valence electrons. The molecule has 0 bridgehead atoms. The molecule has 2 rings (SSSR count). The first-order chi connectivity index (χ1) is 16.0. The second-order valence-electron chi connectivity index (χ2n) is 10.0. The number of rotatable bonds is 15. The van der Waals surface area contributed by atoms with Crippen molar-refractivity contribution in [3.8, 4) is 0 Å². The van der Waals surface area contributed by atoms with Crippen LogP contribution in [0, 0.1) is 0 Å². The van der Waals surface area contributed by atoms with E-state index >= 15 is 0 Å². The minimum absolute atomic E-state index is 0.152. The molecule has 0 saturated heterocycles. The van der Waals surface area contributed by atoms with Gasteiger partial charge in [-0.25, -0.2) is 0 Å². The molecule has 0 spiro atoms. The maximum absolute atomic E-state index is 9.49. The molecule has 0 aliphatic carbocycles. The van der Waals surface area contributed by atoms with Crippen LogP contribution in [0.5, 0.6) is 0 Å². The van der Waals surface area contributed by atoms with Gasteiger partial charge in [0.25, 0.3) is 0 Å². The standard InChI is InChI=1S/C25H42O5Si4/c1-7-33(6,28-31(2,3)22-14-20-26)30-34(24-16-10-8-11-17-24,25-18-12-9-13-19-25)29-32(4,5)23-15-21-27/h7-13,16-19,26-27H,1,14-15,20-23H2,2-6H3. The van der Waals surface area contributed by atoms with Gasteiger partial charge in [-0.1, -0.05) is 66.4 Å². The Kier molecular flexibility index (Phi) is 10.9. The molecule has 1 unspecified atom stereocenters. The van der Waals surface area contributed by atoms with Gasteiger partial charge < -0.3 is 22.6 Å². The molecular formula is C25H42O5Si4. The van der Waals surface area contributed by atoms with Crippen molar-refractivity contribution < 1.29 is 22.6 Å². The van der Waals surface area contributed by atoms with E-state index in [0.29, 0.717) is 6.42 Å². The Hall–Kier alpha value is -1.15. The summed E-state index contributed by atoms with van der Waals surface area (Å²) >= 11 is 0. The van der Waals surface area contributed by atoms with Crippen LogP contribution >= 0.6 is 0 Å². The predicted molar refractivity (Wildman–Crippen MR) is 151 cm³/mol. The fourth-order valence-electron chi connectivity index (χ4n) is 4.18. The number of aliphatic hydroxyl groups excluding tert-OH is 2. The van der Waals surface area contributed by atoms with Crippen molar-refractivity contribution in [1.29, 1.82) is 0 Å². The Morgan fingerprint density at radius 1 is 0.676 bits per heavy atom. The first-order valence-corrected chi connectivity index (χ1v) is 22.5. The van der Waals surface area contributed by atoms with Crippen molar-refractivity contribution in [3.63, 3.8) is 0 Å². The van der Waals surface area contributed by atoms with Crippen LogP contribution < -0.4 is 10.4 Å². The predicted octanol–water partition coefficient (Wildman–Crippen LogP) is 4.27. The normalized spacial score (nSPS) is 14.6. The van der Waals surface area contributed by atoms with Gasteiger partial charge in [-0.05, 0) is 68.0 Å². The molecule has 34 heavy (non-hydrogen) atoms. The van der Waals surface area contributed by atoms with Gasteiger partial charge in [-0.2, -0.15) is 0 Å². The molecule has 0 saturated carbocycles. The summed E-state index contributed by atoms with van der Waals surface area (Å²) in [5.74, 6) is 0. The molecule has 0 radical (unpaired) electrons. The van der Waals surface area contributed by atoms with Gasteiger partial charge in [0.1, 0.15) is 0 Å². The van der Waals surface area contributed by atoms with Gasteiger partial charge in [0, 0.05) is 13.2 Å². The minimum atomic E-state index is -3.20. The molecule has 2 aromatic rings. The zero-order chi connectivity index (χ0) is 25.3. The van der Waals surface area contributed by atoms with E-state index in [1.807, 2.05) is 42.1 Å². The van der Waals surface area contributed by atoms with Crippen LogP contribution in [-0.4, -0.2) is 57.2 Å². The third-order valence-corrected chi connectivity index (χ3v) is 21.8. The average molecular weight is 535 g/mol. The highest BCUT2D eigenvalue weighted by molar-refractivity contribution is 7.03. The topological polar surface area (TPSA) is 68.2 Å². The second-order valence-corrected chi connectivity index (χ2v) is 25.4. The lowest BCUT2D eigenvalue weighted by atomic mass is 10.4. The summed E-state index contributed by atoms with van der Waals surface area (Å²) in [5.41, 5.74) is 1.87. The van der Waals surface area contributed by atoms with Gasteiger partial charge in [0.05, 0.1) is 0 Å². The largest absolute Gasteiger partial charge is 0.433 e. The third-order valence-electron chi connectivity index (χ3n) is 5.80. The van der Waals surface area contributed by atoms with Gasteiger partial charge in [0.2, 0.25) is 0 Å². The van der Waals surface area contributed by atoms with E-state index in [0.717, 1.165) is 28.9 Å². The van der Waals surface area contributed by atoms with Crippen LogP contribution in [0.25, 0.3) is 0 Å². The van der Waals surface area contributed by atoms with E-state index in [1.165, 1.54) is 0 Å². The van der Waals surface area contributed by atoms with E-state index in [9.17, 15) is 10.2 Å². The summed E-state index contributed by atoms with van der Waals surface area (Å²) < 4.78 is 21.3. The summed E-state index contributed by atoms with van der Waals surface area (Å²) in [6.07, 6.45) is 1.43. The Morgan fingerprint density at radius 2 is 1.09 bits per heavy atom. The van der Waals surface area contributed by atoms with Crippen molar-refractivity contribution in [1.82, 2.24) is 0 Å². The molecule has 2 aromatic carbocycles. The summed E-state index contributed by atoms with van der Waals surface area (Å²) in [4.78, 5) is 0. The smallest absolute Gasteiger partial charge is 0.388 e. The van der Waals surface area contributed by atoms with Crippen molar-refractivity contribution >= 4 is 44.1 Å². The summed E-state index contributed by atoms with van der Waals surface area (Å²) in [5, 5.41) is 21.0. The van der Waals surface area contributed by atoms with Crippen LogP contribution in [0.3, 0.4) is 0 Å². The molecule has 0 amide bonds.